The van der Waals surface area contributed by atoms with Crippen molar-refractivity contribution in [1.29, 1.82) is 0 Å². The predicted molar refractivity (Wildman–Crippen MR) is 97.7 cm³/mol. The highest BCUT2D eigenvalue weighted by atomic mass is 14.9. The second-order valence-corrected chi connectivity index (χ2v) is 8.00. The lowest BCUT2D eigenvalue weighted by atomic mass is 9.84. The number of nitrogens with zero attached hydrogens (tertiary/aromatic N) is 1. The van der Waals surface area contributed by atoms with Crippen molar-refractivity contribution in [2.45, 2.75) is 64.7 Å². The molecule has 1 aliphatic carbocycles. The summed E-state index contributed by atoms with van der Waals surface area (Å²) in [6.45, 7) is 8.95. The molecule has 1 aliphatic rings. The zero-order chi connectivity index (χ0) is 17.5. The SMILES string of the molecule is [2H]C1(c2ccc(-c3cc(C(C)(C)C)ccc3C)[n+](C)c2)CCCC1. The minimum absolute atomic E-state index is 0.149. The summed E-state index contributed by atoms with van der Waals surface area (Å²) >= 11 is 0. The van der Waals surface area contributed by atoms with Gasteiger partial charge in [0.25, 0.3) is 0 Å². The third-order valence-corrected chi connectivity index (χ3v) is 5.13. The minimum Gasteiger partial charge on any atom is -0.201 e. The quantitative estimate of drug-likeness (QED) is 0.650. The van der Waals surface area contributed by atoms with Gasteiger partial charge in [0.05, 0.1) is 0 Å². The molecular weight excluding hydrogens is 278 g/mol. The maximum atomic E-state index is 8.74. The Hall–Kier alpha value is -1.63. The van der Waals surface area contributed by atoms with Crippen LogP contribution < -0.4 is 4.57 Å². The fourth-order valence-corrected chi connectivity index (χ4v) is 3.55. The normalized spacial score (nSPS) is 18.0. The van der Waals surface area contributed by atoms with Gasteiger partial charge in [0.2, 0.25) is 5.69 Å². The average Bonchev–Trinajstić information content (AvgIpc) is 2.95. The summed E-state index contributed by atoms with van der Waals surface area (Å²) in [5.41, 5.74) is 6.49. The molecular formula is C22H30N+. The topological polar surface area (TPSA) is 3.88 Å². The molecule has 1 saturated carbocycles. The van der Waals surface area contributed by atoms with Crippen LogP contribution in [0.4, 0.5) is 0 Å². The Morgan fingerprint density at radius 1 is 1.09 bits per heavy atom. The number of rotatable bonds is 2. The van der Waals surface area contributed by atoms with Crippen molar-refractivity contribution in [3.63, 3.8) is 0 Å². The van der Waals surface area contributed by atoms with Crippen LogP contribution in [0.3, 0.4) is 0 Å². The first-order valence-corrected chi connectivity index (χ1v) is 8.82. The van der Waals surface area contributed by atoms with E-state index in [1.54, 1.807) is 0 Å². The largest absolute Gasteiger partial charge is 0.212 e. The summed E-state index contributed by atoms with van der Waals surface area (Å²) in [6, 6.07) is 11.2. The van der Waals surface area contributed by atoms with Crippen LogP contribution in [0.5, 0.6) is 0 Å². The summed E-state index contributed by atoms with van der Waals surface area (Å²) in [5.74, 6) is -0.376. The third-order valence-electron chi connectivity index (χ3n) is 5.13. The van der Waals surface area contributed by atoms with Crippen molar-refractivity contribution < 1.29 is 5.94 Å². The van der Waals surface area contributed by atoms with Crippen LogP contribution >= 0.6 is 0 Å². The molecule has 0 unspecified atom stereocenters. The molecule has 0 radical (unpaired) electrons. The number of aromatic nitrogens is 1. The standard InChI is InChI=1S/C22H30N/c1-16-10-12-19(22(2,3)4)14-20(16)21-13-11-18(15-23(21)5)17-8-6-7-9-17/h10-15,17H,6-9H2,1-5H3/q+1/i17D. The van der Waals surface area contributed by atoms with E-state index in [-0.39, 0.29) is 11.3 Å². The monoisotopic (exact) mass is 309 g/mol. The Morgan fingerprint density at radius 2 is 1.78 bits per heavy atom. The van der Waals surface area contributed by atoms with E-state index in [0.29, 0.717) is 0 Å². The van der Waals surface area contributed by atoms with Gasteiger partial charge in [-0.25, -0.2) is 4.57 Å². The molecule has 1 fully saturated rings. The molecule has 0 bridgehead atoms. The van der Waals surface area contributed by atoms with Crippen molar-refractivity contribution in [2.75, 3.05) is 0 Å². The minimum atomic E-state index is -0.376. The molecule has 1 heteroatoms. The smallest absolute Gasteiger partial charge is 0.201 e. The number of hydrogen-bond donors (Lipinski definition) is 0. The molecule has 1 nitrogen and oxygen atoms in total. The van der Waals surface area contributed by atoms with Gasteiger partial charge in [0, 0.05) is 18.6 Å². The van der Waals surface area contributed by atoms with Crippen molar-refractivity contribution in [1.82, 2.24) is 0 Å². The van der Waals surface area contributed by atoms with Gasteiger partial charge in [-0.15, -0.1) is 0 Å². The van der Waals surface area contributed by atoms with Crippen LogP contribution in [-0.2, 0) is 12.5 Å². The summed E-state index contributed by atoms with van der Waals surface area (Å²) in [7, 11) is 2.11. The highest BCUT2D eigenvalue weighted by molar-refractivity contribution is 5.62. The van der Waals surface area contributed by atoms with E-state index < -0.39 is 0 Å². The summed E-state index contributed by atoms with van der Waals surface area (Å²) in [5, 5.41) is 0. The van der Waals surface area contributed by atoms with Crippen molar-refractivity contribution in [3.05, 3.63) is 53.2 Å². The Balaban J connectivity index is 2.04. The zero-order valence-corrected chi connectivity index (χ0v) is 15.2. The van der Waals surface area contributed by atoms with E-state index in [0.717, 1.165) is 18.4 Å². The maximum absolute atomic E-state index is 8.74. The molecule has 122 valence electrons. The molecule has 0 spiro atoms. The van der Waals surface area contributed by atoms with Gasteiger partial charge in [-0.1, -0.05) is 45.7 Å². The molecule has 1 aromatic carbocycles. The lowest BCUT2D eigenvalue weighted by molar-refractivity contribution is -0.660. The number of benzene rings is 1. The first-order chi connectivity index (χ1) is 11.2. The lowest BCUT2D eigenvalue weighted by Gasteiger charge is -2.20. The van der Waals surface area contributed by atoms with Gasteiger partial charge in [0.1, 0.15) is 7.05 Å². The molecule has 3 rings (SSSR count). The van der Waals surface area contributed by atoms with Crippen molar-refractivity contribution in [3.8, 4) is 11.3 Å². The Labute approximate surface area is 142 Å². The third kappa shape index (κ3) is 3.34. The fourth-order valence-electron chi connectivity index (χ4n) is 3.55. The molecule has 2 aromatic rings. The maximum Gasteiger partial charge on any atom is 0.212 e. The molecule has 1 aromatic heterocycles. The van der Waals surface area contributed by atoms with Crippen LogP contribution in [0.2, 0.25) is 0 Å². The summed E-state index contributed by atoms with van der Waals surface area (Å²) in [4.78, 5) is 0. The first kappa shape index (κ1) is 14.9. The molecule has 0 amide bonds. The van der Waals surface area contributed by atoms with Gasteiger partial charge in [0.15, 0.2) is 6.20 Å². The van der Waals surface area contributed by atoms with Gasteiger partial charge in [-0.2, -0.15) is 0 Å². The van der Waals surface area contributed by atoms with Crippen molar-refractivity contribution >= 4 is 0 Å². The van der Waals surface area contributed by atoms with Gasteiger partial charge in [-0.05, 0) is 54.3 Å². The van der Waals surface area contributed by atoms with Crippen LogP contribution in [0.15, 0.2) is 36.5 Å². The van der Waals surface area contributed by atoms with Crippen LogP contribution in [0.1, 0.15) is 70.4 Å². The van der Waals surface area contributed by atoms with Crippen molar-refractivity contribution in [2.24, 2.45) is 7.05 Å². The van der Waals surface area contributed by atoms with E-state index in [2.05, 4.69) is 75.8 Å². The highest BCUT2D eigenvalue weighted by Gasteiger charge is 2.22. The molecule has 23 heavy (non-hydrogen) atoms. The van der Waals surface area contributed by atoms with Gasteiger partial charge >= 0.3 is 0 Å². The predicted octanol–water partition coefficient (Wildman–Crippen LogP) is 5.44. The fraction of sp³-hybridized carbons (Fsp3) is 0.500. The number of aryl methyl sites for hydroxylation is 2. The average molecular weight is 309 g/mol. The first-order valence-electron chi connectivity index (χ1n) is 9.32. The number of hydrogen-bond acceptors (Lipinski definition) is 0. The van der Waals surface area contributed by atoms with Crippen LogP contribution in [-0.4, -0.2) is 0 Å². The molecule has 0 N–H and O–H groups in total. The summed E-state index contributed by atoms with van der Waals surface area (Å²) < 4.78 is 10.9. The van der Waals surface area contributed by atoms with E-state index >= 15 is 0 Å². The molecule has 1 heterocycles. The Bertz CT molecular complexity index is 749. The molecule has 0 atom stereocenters. The Kier molecular flexibility index (Phi) is 3.97. The second kappa shape index (κ2) is 6.11. The highest BCUT2D eigenvalue weighted by Crippen LogP contribution is 2.34. The second-order valence-electron chi connectivity index (χ2n) is 8.00. The van der Waals surface area contributed by atoms with E-state index in [9.17, 15) is 0 Å². The molecule has 0 aliphatic heterocycles. The Morgan fingerprint density at radius 3 is 2.39 bits per heavy atom. The molecule has 0 saturated heterocycles. The lowest BCUT2D eigenvalue weighted by Crippen LogP contribution is -2.31. The van der Waals surface area contributed by atoms with E-state index in [4.69, 9.17) is 1.37 Å². The van der Waals surface area contributed by atoms with Crippen LogP contribution in [0, 0.1) is 6.92 Å². The number of pyridine rings is 1. The summed E-state index contributed by atoms with van der Waals surface area (Å²) in [6.07, 6.45) is 6.52. The zero-order valence-electron chi connectivity index (χ0n) is 16.2. The van der Waals surface area contributed by atoms with Gasteiger partial charge in [-0.3, -0.25) is 0 Å². The van der Waals surface area contributed by atoms with E-state index in [1.165, 1.54) is 35.2 Å². The van der Waals surface area contributed by atoms with E-state index in [1.807, 2.05) is 0 Å². The van der Waals surface area contributed by atoms with Gasteiger partial charge < -0.3 is 0 Å². The van der Waals surface area contributed by atoms with Crippen LogP contribution in [0.25, 0.3) is 11.3 Å².